The molecule has 0 spiro atoms. The third kappa shape index (κ3) is 5.06. The van der Waals surface area contributed by atoms with Gasteiger partial charge in [-0.15, -0.1) is 0 Å². The molecule has 0 fully saturated rings. The number of anilines is 1. The van der Waals surface area contributed by atoms with Crippen molar-refractivity contribution >= 4 is 29.1 Å². The van der Waals surface area contributed by atoms with E-state index in [1.54, 1.807) is 49.4 Å². The van der Waals surface area contributed by atoms with Crippen LogP contribution in [0, 0.1) is 13.8 Å². The third-order valence-electron chi connectivity index (χ3n) is 6.48. The maximum absolute atomic E-state index is 12.9. The van der Waals surface area contributed by atoms with Crippen LogP contribution in [0.25, 0.3) is 0 Å². The van der Waals surface area contributed by atoms with Crippen LogP contribution < -0.4 is 10.1 Å². The number of nitrogens with one attached hydrogen (secondary N) is 1. The van der Waals surface area contributed by atoms with Crippen LogP contribution >= 0.6 is 0 Å². The summed E-state index contributed by atoms with van der Waals surface area (Å²) in [6, 6.07) is 17.5. The van der Waals surface area contributed by atoms with Gasteiger partial charge in [-0.3, -0.25) is 14.4 Å². The number of hydrogen-bond acceptors (Lipinski definition) is 8. The lowest BCUT2D eigenvalue weighted by Gasteiger charge is -2.19. The number of carbonyl (C=O) groups is 4. The zero-order valence-corrected chi connectivity index (χ0v) is 21.4. The Morgan fingerprint density at radius 2 is 1.59 bits per heavy atom. The molecule has 0 unspecified atom stereocenters. The van der Waals surface area contributed by atoms with Crippen molar-refractivity contribution < 1.29 is 33.2 Å². The lowest BCUT2D eigenvalue weighted by molar-refractivity contribution is -0.123. The first-order valence-corrected chi connectivity index (χ1v) is 12.2. The Balaban J connectivity index is 1.23. The zero-order chi connectivity index (χ0) is 27.7. The lowest BCUT2D eigenvalue weighted by Crippen LogP contribution is -2.30. The zero-order valence-electron chi connectivity index (χ0n) is 21.4. The summed E-state index contributed by atoms with van der Waals surface area (Å²) in [5.41, 5.74) is 3.21. The van der Waals surface area contributed by atoms with Crippen molar-refractivity contribution in [3.05, 3.63) is 112 Å². The van der Waals surface area contributed by atoms with Gasteiger partial charge >= 0.3 is 5.97 Å². The number of fused-ring (bicyclic) bond motifs is 2. The fourth-order valence-electron chi connectivity index (χ4n) is 4.28. The van der Waals surface area contributed by atoms with E-state index in [9.17, 15) is 19.2 Å². The van der Waals surface area contributed by atoms with Crippen molar-refractivity contribution in [3.63, 3.8) is 0 Å². The van der Waals surface area contributed by atoms with Crippen LogP contribution in [0.1, 0.15) is 66.1 Å². The Bertz CT molecular complexity index is 1620. The summed E-state index contributed by atoms with van der Waals surface area (Å²) in [7, 11) is 0. The van der Waals surface area contributed by atoms with E-state index in [2.05, 4.69) is 10.5 Å². The lowest BCUT2D eigenvalue weighted by atomic mass is 9.84. The molecule has 0 aliphatic heterocycles. The van der Waals surface area contributed by atoms with Crippen molar-refractivity contribution in [3.8, 4) is 5.75 Å². The number of rotatable bonds is 7. The molecule has 196 valence electrons. The number of aromatic nitrogens is 1. The molecular weight excluding hydrogens is 500 g/mol. The highest BCUT2D eigenvalue weighted by molar-refractivity contribution is 6.28. The normalized spacial score (nSPS) is 12.8. The summed E-state index contributed by atoms with van der Waals surface area (Å²) in [5.74, 6) is -0.753. The Kier molecular flexibility index (Phi) is 6.81. The molecule has 0 saturated carbocycles. The molecule has 1 N–H and O–H groups in total. The van der Waals surface area contributed by atoms with Gasteiger partial charge in [-0.2, -0.15) is 0 Å². The molecule has 0 radical (unpaired) electrons. The predicted octanol–water partition coefficient (Wildman–Crippen LogP) is 4.83. The minimum absolute atomic E-state index is 0.203. The quantitative estimate of drug-likeness (QED) is 0.300. The molecule has 0 saturated heterocycles. The van der Waals surface area contributed by atoms with E-state index in [4.69, 9.17) is 14.0 Å². The number of carbonyl (C=O) groups excluding carboxylic acids is 4. The van der Waals surface area contributed by atoms with Gasteiger partial charge in [0.05, 0.1) is 16.8 Å². The number of amides is 1. The van der Waals surface area contributed by atoms with Crippen LogP contribution in [0.15, 0.2) is 71.3 Å². The van der Waals surface area contributed by atoms with Crippen molar-refractivity contribution in [1.82, 2.24) is 5.16 Å². The van der Waals surface area contributed by atoms with Crippen LogP contribution in [0.4, 0.5) is 5.69 Å². The molecule has 9 nitrogen and oxygen atoms in total. The molecule has 9 heteroatoms. The van der Waals surface area contributed by atoms with Crippen LogP contribution in [-0.2, 0) is 16.1 Å². The highest BCUT2D eigenvalue weighted by atomic mass is 16.5. The predicted molar refractivity (Wildman–Crippen MR) is 140 cm³/mol. The van der Waals surface area contributed by atoms with E-state index >= 15 is 0 Å². The van der Waals surface area contributed by atoms with Gasteiger partial charge in [0.2, 0.25) is 0 Å². The van der Waals surface area contributed by atoms with Gasteiger partial charge < -0.3 is 19.3 Å². The molecule has 0 bridgehead atoms. The number of ether oxygens (including phenoxy) is 2. The monoisotopic (exact) mass is 524 g/mol. The topological polar surface area (TPSA) is 125 Å². The molecule has 39 heavy (non-hydrogen) atoms. The molecule has 1 heterocycles. The Morgan fingerprint density at radius 1 is 0.897 bits per heavy atom. The average Bonchev–Trinajstić information content (AvgIpc) is 3.27. The molecule has 1 aliphatic carbocycles. The van der Waals surface area contributed by atoms with Gasteiger partial charge in [0.15, 0.2) is 17.7 Å². The Labute approximate surface area is 223 Å². The van der Waals surface area contributed by atoms with Crippen molar-refractivity contribution in [2.75, 3.05) is 5.32 Å². The van der Waals surface area contributed by atoms with E-state index in [0.29, 0.717) is 28.3 Å². The average molecular weight is 525 g/mol. The second kappa shape index (κ2) is 10.4. The van der Waals surface area contributed by atoms with Gasteiger partial charge in [0.1, 0.15) is 18.1 Å². The molecule has 4 aromatic rings. The number of benzene rings is 3. The van der Waals surface area contributed by atoms with Gasteiger partial charge in [-0.05, 0) is 57.2 Å². The number of esters is 1. The number of hydrogen-bond donors (Lipinski definition) is 1. The molecular formula is C30H24N2O7. The fourth-order valence-corrected chi connectivity index (χ4v) is 4.28. The van der Waals surface area contributed by atoms with Gasteiger partial charge in [0.25, 0.3) is 5.91 Å². The van der Waals surface area contributed by atoms with E-state index in [-0.39, 0.29) is 34.9 Å². The van der Waals surface area contributed by atoms with Gasteiger partial charge in [-0.1, -0.05) is 35.5 Å². The molecule has 1 aliphatic rings. The van der Waals surface area contributed by atoms with Gasteiger partial charge in [-0.25, -0.2) is 4.79 Å². The van der Waals surface area contributed by atoms with Crippen LogP contribution in [0.2, 0.25) is 0 Å². The van der Waals surface area contributed by atoms with Crippen molar-refractivity contribution in [2.24, 2.45) is 0 Å². The smallest absolute Gasteiger partial charge is 0.339 e. The molecule has 1 amide bonds. The van der Waals surface area contributed by atoms with Crippen molar-refractivity contribution in [2.45, 2.75) is 33.5 Å². The maximum atomic E-state index is 12.9. The van der Waals surface area contributed by atoms with Crippen LogP contribution in [-0.4, -0.2) is 34.7 Å². The first-order valence-electron chi connectivity index (χ1n) is 12.2. The summed E-state index contributed by atoms with van der Waals surface area (Å²) in [4.78, 5) is 51.2. The van der Waals surface area contributed by atoms with Gasteiger partial charge in [0, 0.05) is 27.9 Å². The molecule has 5 rings (SSSR count). The largest absolute Gasteiger partial charge is 0.489 e. The highest BCUT2D eigenvalue weighted by Crippen LogP contribution is 2.29. The summed E-state index contributed by atoms with van der Waals surface area (Å²) >= 11 is 0. The molecule has 1 aromatic heterocycles. The number of aryl methyl sites for hydroxylation is 2. The molecule has 1 atom stereocenters. The maximum Gasteiger partial charge on any atom is 0.339 e. The number of nitrogens with zero attached hydrogens (tertiary/aromatic N) is 1. The summed E-state index contributed by atoms with van der Waals surface area (Å²) in [6.45, 7) is 5.27. The second-order valence-electron chi connectivity index (χ2n) is 9.12. The standard InChI is InChI=1S/C30H24N2O7/c1-16-26(17(2)39-32-16)15-37-21-8-6-7-19(13-21)30(36)38-18(3)29(35)31-20-11-12-24-25(14-20)28(34)23-10-5-4-9-22(23)27(24)33/h4-14,18H,15H2,1-3H3,(H,31,35)/t18-/m0/s1. The first-order chi connectivity index (χ1) is 18.7. The van der Waals surface area contributed by atoms with E-state index in [1.807, 2.05) is 6.92 Å². The third-order valence-corrected chi connectivity index (χ3v) is 6.48. The first kappa shape index (κ1) is 25.6. The fraction of sp³-hybridized carbons (Fsp3) is 0.167. The van der Waals surface area contributed by atoms with E-state index < -0.39 is 18.0 Å². The second-order valence-corrected chi connectivity index (χ2v) is 9.12. The Morgan fingerprint density at radius 3 is 2.28 bits per heavy atom. The minimum Gasteiger partial charge on any atom is -0.489 e. The summed E-state index contributed by atoms with van der Waals surface area (Å²) in [6.07, 6.45) is -1.14. The highest BCUT2D eigenvalue weighted by Gasteiger charge is 2.30. The van der Waals surface area contributed by atoms with E-state index in [1.165, 1.54) is 31.2 Å². The SMILES string of the molecule is Cc1noc(C)c1COc1cccc(C(=O)O[C@@H](C)C(=O)Nc2ccc3c(c2)C(=O)c2ccccc2C3=O)c1. The summed E-state index contributed by atoms with van der Waals surface area (Å²) < 4.78 is 16.3. The van der Waals surface area contributed by atoms with E-state index in [0.717, 1.165) is 11.3 Å². The van der Waals surface area contributed by atoms with Crippen LogP contribution in [0.3, 0.4) is 0 Å². The summed E-state index contributed by atoms with van der Waals surface area (Å²) in [5, 5.41) is 6.54. The van der Waals surface area contributed by atoms with Crippen LogP contribution in [0.5, 0.6) is 5.75 Å². The Hall–Kier alpha value is -5.05. The van der Waals surface area contributed by atoms with Crippen molar-refractivity contribution in [1.29, 1.82) is 0 Å². The number of ketones is 2. The molecule has 3 aromatic carbocycles. The minimum atomic E-state index is -1.14.